The van der Waals surface area contributed by atoms with Crippen molar-refractivity contribution < 1.29 is 0 Å². The fourth-order valence-electron chi connectivity index (χ4n) is 4.07. The molecule has 1 aliphatic heterocycles. The lowest BCUT2D eigenvalue weighted by molar-refractivity contribution is 0.184. The minimum Gasteiger partial charge on any atom is -0.357 e. The van der Waals surface area contributed by atoms with E-state index < -0.39 is 0 Å². The lowest BCUT2D eigenvalue weighted by atomic mass is 9.72. The second-order valence-corrected chi connectivity index (χ2v) is 6.47. The van der Waals surface area contributed by atoms with Gasteiger partial charge in [0.2, 0.25) is 0 Å². The standard InChI is InChI=1S/C17H22N2/c1-12-6-9-17(10-7-12)16-14(8-11-18-17)13-4-2-3-5-15(13)19-16/h2-5,12,18-19H,6-11H2,1H3. The molecule has 0 unspecified atom stereocenters. The van der Waals surface area contributed by atoms with Crippen LogP contribution in [0.25, 0.3) is 10.9 Å². The summed E-state index contributed by atoms with van der Waals surface area (Å²) in [6, 6.07) is 8.78. The Balaban J connectivity index is 1.86. The minimum absolute atomic E-state index is 0.235. The average Bonchev–Trinajstić information content (AvgIpc) is 2.83. The van der Waals surface area contributed by atoms with Crippen molar-refractivity contribution in [1.82, 2.24) is 10.3 Å². The van der Waals surface area contributed by atoms with E-state index in [2.05, 4.69) is 41.5 Å². The zero-order valence-electron chi connectivity index (χ0n) is 11.6. The van der Waals surface area contributed by atoms with Crippen LogP contribution in [-0.2, 0) is 12.0 Å². The normalized spacial score (nSPS) is 30.7. The highest BCUT2D eigenvalue weighted by molar-refractivity contribution is 5.85. The molecule has 2 aromatic rings. The number of hydrogen-bond acceptors (Lipinski definition) is 1. The van der Waals surface area contributed by atoms with E-state index in [4.69, 9.17) is 0 Å². The number of aromatic nitrogens is 1. The molecule has 1 saturated carbocycles. The monoisotopic (exact) mass is 254 g/mol. The summed E-state index contributed by atoms with van der Waals surface area (Å²) >= 11 is 0. The Morgan fingerprint density at radius 2 is 1.95 bits per heavy atom. The van der Waals surface area contributed by atoms with Crippen LogP contribution in [0.3, 0.4) is 0 Å². The molecule has 19 heavy (non-hydrogen) atoms. The van der Waals surface area contributed by atoms with E-state index in [1.807, 2.05) is 0 Å². The first-order chi connectivity index (χ1) is 9.28. The predicted octanol–water partition coefficient (Wildman–Crippen LogP) is 3.72. The predicted molar refractivity (Wildman–Crippen MR) is 79.3 cm³/mol. The van der Waals surface area contributed by atoms with Crippen LogP contribution >= 0.6 is 0 Å². The summed E-state index contributed by atoms with van der Waals surface area (Å²) in [4.78, 5) is 3.73. The lowest BCUT2D eigenvalue weighted by Gasteiger charge is -2.43. The van der Waals surface area contributed by atoms with Crippen LogP contribution in [-0.4, -0.2) is 11.5 Å². The van der Waals surface area contributed by atoms with Crippen molar-refractivity contribution in [2.24, 2.45) is 5.92 Å². The Kier molecular flexibility index (Phi) is 2.49. The van der Waals surface area contributed by atoms with Gasteiger partial charge in [0, 0.05) is 23.1 Å². The Bertz CT molecular complexity index is 603. The van der Waals surface area contributed by atoms with Crippen molar-refractivity contribution in [3.63, 3.8) is 0 Å². The third-order valence-electron chi connectivity index (χ3n) is 5.26. The van der Waals surface area contributed by atoms with Crippen LogP contribution in [0.4, 0.5) is 0 Å². The van der Waals surface area contributed by atoms with Gasteiger partial charge in [-0.05, 0) is 49.7 Å². The van der Waals surface area contributed by atoms with E-state index in [-0.39, 0.29) is 5.54 Å². The number of para-hydroxylation sites is 1. The summed E-state index contributed by atoms with van der Waals surface area (Å²) < 4.78 is 0. The first-order valence-corrected chi connectivity index (χ1v) is 7.64. The van der Waals surface area contributed by atoms with Gasteiger partial charge in [-0.25, -0.2) is 0 Å². The molecule has 2 nitrogen and oxygen atoms in total. The molecule has 1 fully saturated rings. The molecule has 2 N–H and O–H groups in total. The second kappa shape index (κ2) is 4.11. The van der Waals surface area contributed by atoms with Gasteiger partial charge in [-0.2, -0.15) is 0 Å². The van der Waals surface area contributed by atoms with Crippen LogP contribution in [0, 0.1) is 5.92 Å². The van der Waals surface area contributed by atoms with Gasteiger partial charge >= 0.3 is 0 Å². The quantitative estimate of drug-likeness (QED) is 0.737. The number of aromatic amines is 1. The zero-order valence-corrected chi connectivity index (χ0v) is 11.6. The molecule has 2 heterocycles. The van der Waals surface area contributed by atoms with Crippen molar-refractivity contribution in [2.75, 3.05) is 6.54 Å². The van der Waals surface area contributed by atoms with E-state index >= 15 is 0 Å². The smallest absolute Gasteiger partial charge is 0.0589 e. The van der Waals surface area contributed by atoms with E-state index in [9.17, 15) is 0 Å². The molecule has 0 bridgehead atoms. The fraction of sp³-hybridized carbons (Fsp3) is 0.529. The molecule has 4 rings (SSSR count). The van der Waals surface area contributed by atoms with Crippen molar-refractivity contribution in [3.05, 3.63) is 35.5 Å². The van der Waals surface area contributed by atoms with Crippen molar-refractivity contribution in [1.29, 1.82) is 0 Å². The Morgan fingerprint density at radius 1 is 1.16 bits per heavy atom. The highest BCUT2D eigenvalue weighted by Crippen LogP contribution is 2.43. The fourth-order valence-corrected chi connectivity index (χ4v) is 4.07. The molecule has 0 amide bonds. The first kappa shape index (κ1) is 11.5. The number of H-pyrrole nitrogens is 1. The van der Waals surface area contributed by atoms with Gasteiger partial charge in [-0.15, -0.1) is 0 Å². The van der Waals surface area contributed by atoms with Crippen molar-refractivity contribution in [3.8, 4) is 0 Å². The lowest BCUT2D eigenvalue weighted by Crippen LogP contribution is -2.49. The highest BCUT2D eigenvalue weighted by Gasteiger charge is 2.40. The van der Waals surface area contributed by atoms with Gasteiger partial charge in [-0.3, -0.25) is 0 Å². The Labute approximate surface area is 114 Å². The molecule has 0 saturated heterocycles. The van der Waals surface area contributed by atoms with Crippen LogP contribution in [0.1, 0.15) is 43.9 Å². The third kappa shape index (κ3) is 1.66. The molecule has 100 valence electrons. The number of rotatable bonds is 0. The number of hydrogen-bond donors (Lipinski definition) is 2. The molecule has 1 spiro atoms. The van der Waals surface area contributed by atoms with Crippen LogP contribution in [0.2, 0.25) is 0 Å². The summed E-state index contributed by atoms with van der Waals surface area (Å²) in [5, 5.41) is 5.28. The SMILES string of the molecule is CC1CCC2(CC1)NCCc1c2[nH]c2ccccc12. The molecule has 2 heteroatoms. The van der Waals surface area contributed by atoms with E-state index in [1.54, 1.807) is 5.56 Å². The molecule has 1 aromatic heterocycles. The van der Waals surface area contributed by atoms with Gasteiger partial charge in [0.1, 0.15) is 0 Å². The molecule has 0 atom stereocenters. The molecular weight excluding hydrogens is 232 g/mol. The van der Waals surface area contributed by atoms with Gasteiger partial charge in [0.15, 0.2) is 0 Å². The van der Waals surface area contributed by atoms with Gasteiger partial charge < -0.3 is 10.3 Å². The summed E-state index contributed by atoms with van der Waals surface area (Å²) in [6.07, 6.45) is 6.43. The van der Waals surface area contributed by atoms with Crippen LogP contribution in [0.15, 0.2) is 24.3 Å². The Hall–Kier alpha value is -1.28. The topological polar surface area (TPSA) is 27.8 Å². The van der Waals surface area contributed by atoms with E-state index in [0.29, 0.717) is 0 Å². The Morgan fingerprint density at radius 3 is 2.79 bits per heavy atom. The summed E-state index contributed by atoms with van der Waals surface area (Å²) in [7, 11) is 0. The van der Waals surface area contributed by atoms with Crippen LogP contribution in [0.5, 0.6) is 0 Å². The second-order valence-electron chi connectivity index (χ2n) is 6.47. The first-order valence-electron chi connectivity index (χ1n) is 7.64. The van der Waals surface area contributed by atoms with Gasteiger partial charge in [0.05, 0.1) is 5.54 Å². The van der Waals surface area contributed by atoms with Crippen molar-refractivity contribution >= 4 is 10.9 Å². The highest BCUT2D eigenvalue weighted by atomic mass is 15.0. The maximum atomic E-state index is 3.84. The number of nitrogens with one attached hydrogen (secondary N) is 2. The van der Waals surface area contributed by atoms with Crippen molar-refractivity contribution in [2.45, 2.75) is 44.6 Å². The average molecular weight is 254 g/mol. The molecular formula is C17H22N2. The summed E-state index contributed by atoms with van der Waals surface area (Å²) in [6.45, 7) is 3.52. The van der Waals surface area contributed by atoms with E-state index in [0.717, 1.165) is 18.9 Å². The number of fused-ring (bicyclic) bond motifs is 4. The van der Waals surface area contributed by atoms with Crippen LogP contribution < -0.4 is 5.32 Å². The minimum atomic E-state index is 0.235. The zero-order chi connectivity index (χ0) is 12.9. The molecule has 0 radical (unpaired) electrons. The maximum Gasteiger partial charge on any atom is 0.0589 e. The van der Waals surface area contributed by atoms with Gasteiger partial charge in [0.25, 0.3) is 0 Å². The molecule has 2 aliphatic rings. The van der Waals surface area contributed by atoms with E-state index in [1.165, 1.54) is 42.3 Å². The molecule has 1 aromatic carbocycles. The summed E-state index contributed by atoms with van der Waals surface area (Å²) in [5.41, 5.74) is 4.61. The summed E-state index contributed by atoms with van der Waals surface area (Å²) in [5.74, 6) is 0.891. The third-order valence-corrected chi connectivity index (χ3v) is 5.26. The van der Waals surface area contributed by atoms with Gasteiger partial charge in [-0.1, -0.05) is 25.1 Å². The molecule has 1 aliphatic carbocycles. The largest absolute Gasteiger partial charge is 0.357 e. The maximum absolute atomic E-state index is 3.84. The number of benzene rings is 1.